The molecular formula is C24H28FN3O5. The van der Waals surface area contributed by atoms with Gasteiger partial charge >= 0.3 is 0 Å². The summed E-state index contributed by atoms with van der Waals surface area (Å²) in [6, 6.07) is 13.2. The van der Waals surface area contributed by atoms with Crippen molar-refractivity contribution in [3.8, 4) is 5.75 Å². The van der Waals surface area contributed by atoms with Crippen molar-refractivity contribution >= 4 is 17.5 Å². The van der Waals surface area contributed by atoms with Gasteiger partial charge in [0, 0.05) is 32.7 Å². The van der Waals surface area contributed by atoms with Crippen LogP contribution in [0.4, 0.5) is 4.39 Å². The van der Waals surface area contributed by atoms with E-state index in [0.29, 0.717) is 23.4 Å². The Morgan fingerprint density at radius 1 is 1.09 bits per heavy atom. The van der Waals surface area contributed by atoms with Crippen LogP contribution in [0.5, 0.6) is 5.75 Å². The zero-order valence-corrected chi connectivity index (χ0v) is 19.0. The molecule has 0 saturated carbocycles. The lowest BCUT2D eigenvalue weighted by atomic mass is 9.98. The second-order valence-electron chi connectivity index (χ2n) is 7.50. The topological polar surface area (TPSA) is 80.7 Å². The SMILES string of the molecule is COCCN(CC(=O)N1N=C(c2ccccc2F)C[C@H]1c1ccc(OC)cc1)C(=O)COC. The van der Waals surface area contributed by atoms with E-state index in [9.17, 15) is 14.0 Å². The molecule has 0 aromatic heterocycles. The van der Waals surface area contributed by atoms with E-state index in [2.05, 4.69) is 5.10 Å². The Bertz CT molecular complexity index is 996. The third-order valence-corrected chi connectivity index (χ3v) is 5.36. The number of benzene rings is 2. The Balaban J connectivity index is 1.90. The molecule has 2 aromatic rings. The molecule has 0 aliphatic carbocycles. The maximum absolute atomic E-state index is 14.5. The highest BCUT2D eigenvalue weighted by Crippen LogP contribution is 2.34. The van der Waals surface area contributed by atoms with Crippen molar-refractivity contribution < 1.29 is 28.2 Å². The highest BCUT2D eigenvalue weighted by molar-refractivity contribution is 6.03. The van der Waals surface area contributed by atoms with Gasteiger partial charge in [0.25, 0.3) is 5.91 Å². The first-order valence-electron chi connectivity index (χ1n) is 10.5. The minimum Gasteiger partial charge on any atom is -0.497 e. The number of amides is 2. The van der Waals surface area contributed by atoms with E-state index in [1.807, 2.05) is 12.1 Å². The maximum atomic E-state index is 14.5. The Morgan fingerprint density at radius 3 is 2.45 bits per heavy atom. The number of hydrogen-bond acceptors (Lipinski definition) is 6. The molecule has 0 unspecified atom stereocenters. The molecule has 3 rings (SSSR count). The van der Waals surface area contributed by atoms with Crippen LogP contribution in [-0.4, -0.2) is 75.1 Å². The molecule has 1 aliphatic rings. The summed E-state index contributed by atoms with van der Waals surface area (Å²) in [5.41, 5.74) is 1.64. The summed E-state index contributed by atoms with van der Waals surface area (Å²) in [5, 5.41) is 5.82. The van der Waals surface area contributed by atoms with Gasteiger partial charge in [-0.05, 0) is 23.8 Å². The first kappa shape index (κ1) is 24.3. The van der Waals surface area contributed by atoms with E-state index in [1.165, 1.54) is 30.2 Å². The van der Waals surface area contributed by atoms with Crippen molar-refractivity contribution in [2.45, 2.75) is 12.5 Å². The van der Waals surface area contributed by atoms with E-state index < -0.39 is 11.9 Å². The van der Waals surface area contributed by atoms with Gasteiger partial charge in [-0.3, -0.25) is 9.59 Å². The molecule has 33 heavy (non-hydrogen) atoms. The Labute approximate surface area is 192 Å². The standard InChI is InChI=1S/C24H28FN3O5/c1-31-13-12-27(24(30)16-32-2)15-23(29)28-22(17-8-10-18(33-3)11-9-17)14-21(26-28)19-6-4-5-7-20(19)25/h4-11,22H,12-16H2,1-3H3/t22-/m0/s1. The van der Waals surface area contributed by atoms with E-state index in [4.69, 9.17) is 14.2 Å². The van der Waals surface area contributed by atoms with Crippen LogP contribution in [0.25, 0.3) is 0 Å². The summed E-state index contributed by atoms with van der Waals surface area (Å²) in [7, 11) is 4.51. The average Bonchev–Trinajstić information content (AvgIpc) is 3.27. The summed E-state index contributed by atoms with van der Waals surface area (Å²) in [6.45, 7) is 0.151. The fourth-order valence-corrected chi connectivity index (χ4v) is 3.63. The summed E-state index contributed by atoms with van der Waals surface area (Å²) < 4.78 is 29.7. The molecule has 8 nitrogen and oxygen atoms in total. The smallest absolute Gasteiger partial charge is 0.262 e. The molecule has 1 heterocycles. The molecular weight excluding hydrogens is 429 g/mol. The monoisotopic (exact) mass is 457 g/mol. The number of rotatable bonds is 10. The molecule has 2 aromatic carbocycles. The van der Waals surface area contributed by atoms with Gasteiger partial charge < -0.3 is 19.1 Å². The summed E-state index contributed by atoms with van der Waals surface area (Å²) >= 11 is 0. The highest BCUT2D eigenvalue weighted by Gasteiger charge is 2.35. The van der Waals surface area contributed by atoms with Gasteiger partial charge in [0.15, 0.2) is 0 Å². The predicted octanol–water partition coefficient (Wildman–Crippen LogP) is 2.63. The van der Waals surface area contributed by atoms with Crippen LogP contribution in [-0.2, 0) is 19.1 Å². The molecule has 176 valence electrons. The van der Waals surface area contributed by atoms with Crippen molar-refractivity contribution in [3.05, 3.63) is 65.5 Å². The zero-order valence-electron chi connectivity index (χ0n) is 19.0. The Hall–Kier alpha value is -3.30. The zero-order chi connectivity index (χ0) is 23.8. The molecule has 1 aliphatic heterocycles. The van der Waals surface area contributed by atoms with Gasteiger partial charge in [0.05, 0.1) is 25.5 Å². The number of methoxy groups -OCH3 is 3. The number of hydrazone groups is 1. The van der Waals surface area contributed by atoms with Crippen LogP contribution in [0, 0.1) is 5.82 Å². The Kier molecular flexibility index (Phi) is 8.51. The molecule has 0 spiro atoms. The maximum Gasteiger partial charge on any atom is 0.262 e. The first-order chi connectivity index (χ1) is 16.0. The van der Waals surface area contributed by atoms with Crippen molar-refractivity contribution in [2.75, 3.05) is 47.6 Å². The Morgan fingerprint density at radius 2 is 1.82 bits per heavy atom. The van der Waals surface area contributed by atoms with E-state index in [1.54, 1.807) is 37.4 Å². The van der Waals surface area contributed by atoms with Crippen LogP contribution in [0.2, 0.25) is 0 Å². The lowest BCUT2D eigenvalue weighted by Gasteiger charge is -2.27. The van der Waals surface area contributed by atoms with Crippen LogP contribution in [0.15, 0.2) is 53.6 Å². The summed E-state index contributed by atoms with van der Waals surface area (Å²) in [5.74, 6) is -0.444. The lowest BCUT2D eigenvalue weighted by Crippen LogP contribution is -2.44. The van der Waals surface area contributed by atoms with Gasteiger partial charge in [-0.2, -0.15) is 5.10 Å². The first-order valence-corrected chi connectivity index (χ1v) is 10.5. The number of ether oxygens (including phenoxy) is 3. The number of halogens is 1. The molecule has 2 amide bonds. The molecule has 0 bridgehead atoms. The fourth-order valence-electron chi connectivity index (χ4n) is 3.63. The quantitative estimate of drug-likeness (QED) is 0.548. The van der Waals surface area contributed by atoms with E-state index >= 15 is 0 Å². The van der Waals surface area contributed by atoms with Crippen molar-refractivity contribution in [3.63, 3.8) is 0 Å². The second kappa shape index (κ2) is 11.5. The van der Waals surface area contributed by atoms with Crippen LogP contribution in [0.3, 0.4) is 0 Å². The molecule has 0 N–H and O–H groups in total. The summed E-state index contributed by atoms with van der Waals surface area (Å²) in [4.78, 5) is 27.1. The van der Waals surface area contributed by atoms with Gasteiger partial charge in [0.1, 0.15) is 24.7 Å². The molecule has 0 radical (unpaired) electrons. The van der Waals surface area contributed by atoms with Gasteiger partial charge in [0.2, 0.25) is 5.91 Å². The largest absolute Gasteiger partial charge is 0.497 e. The molecule has 9 heteroatoms. The minimum absolute atomic E-state index is 0.150. The molecule has 0 fully saturated rings. The third kappa shape index (κ3) is 5.94. The second-order valence-corrected chi connectivity index (χ2v) is 7.50. The summed E-state index contributed by atoms with van der Waals surface area (Å²) in [6.07, 6.45) is 0.336. The minimum atomic E-state index is -0.445. The normalized spacial score (nSPS) is 15.3. The number of carbonyl (C=O) groups excluding carboxylic acids is 2. The number of carbonyl (C=O) groups is 2. The predicted molar refractivity (Wildman–Crippen MR) is 120 cm³/mol. The number of nitrogens with zero attached hydrogens (tertiary/aromatic N) is 3. The molecule has 0 saturated heterocycles. The van der Waals surface area contributed by atoms with Gasteiger partial charge in [-0.15, -0.1) is 0 Å². The van der Waals surface area contributed by atoms with E-state index in [0.717, 1.165) is 5.56 Å². The van der Waals surface area contributed by atoms with Crippen molar-refractivity contribution in [1.29, 1.82) is 0 Å². The van der Waals surface area contributed by atoms with Crippen LogP contribution in [0.1, 0.15) is 23.6 Å². The van der Waals surface area contributed by atoms with Crippen LogP contribution < -0.4 is 4.74 Å². The average molecular weight is 458 g/mol. The van der Waals surface area contributed by atoms with Crippen molar-refractivity contribution in [2.24, 2.45) is 5.10 Å². The molecule has 1 atom stereocenters. The van der Waals surface area contributed by atoms with Gasteiger partial charge in [-0.25, -0.2) is 9.40 Å². The van der Waals surface area contributed by atoms with Gasteiger partial charge in [-0.1, -0.05) is 30.3 Å². The van der Waals surface area contributed by atoms with Crippen LogP contribution >= 0.6 is 0 Å². The number of hydrogen-bond donors (Lipinski definition) is 0. The highest BCUT2D eigenvalue weighted by atomic mass is 19.1. The third-order valence-electron chi connectivity index (χ3n) is 5.36. The van der Waals surface area contributed by atoms with Crippen molar-refractivity contribution in [1.82, 2.24) is 9.91 Å². The lowest BCUT2D eigenvalue weighted by molar-refractivity contribution is -0.144. The van der Waals surface area contributed by atoms with E-state index in [-0.39, 0.29) is 38.1 Å². The fraction of sp³-hybridized carbons (Fsp3) is 0.375.